The van der Waals surface area contributed by atoms with Crippen molar-refractivity contribution in [2.24, 2.45) is 5.92 Å². The number of ketones is 2. The zero-order chi connectivity index (χ0) is 17.7. The van der Waals surface area contributed by atoms with Crippen molar-refractivity contribution in [3.63, 3.8) is 0 Å². The number of unbranched alkanes of at least 4 members (excludes halogenated alkanes) is 2. The molecule has 7 nitrogen and oxygen atoms in total. The van der Waals surface area contributed by atoms with Crippen molar-refractivity contribution in [1.29, 1.82) is 0 Å². The summed E-state index contributed by atoms with van der Waals surface area (Å²) in [7, 11) is 0. The fourth-order valence-electron chi connectivity index (χ4n) is 2.25. The molecule has 0 aliphatic carbocycles. The van der Waals surface area contributed by atoms with E-state index < -0.39 is 24.5 Å². The van der Waals surface area contributed by atoms with Gasteiger partial charge in [0.2, 0.25) is 0 Å². The van der Waals surface area contributed by atoms with Crippen LogP contribution in [-0.4, -0.2) is 45.4 Å². The molecule has 0 aliphatic heterocycles. The third kappa shape index (κ3) is 12.5. The third-order valence-electron chi connectivity index (χ3n) is 3.65. The lowest BCUT2D eigenvalue weighted by atomic mass is 9.94. The van der Waals surface area contributed by atoms with Crippen LogP contribution in [0.25, 0.3) is 0 Å². The molecule has 132 valence electrons. The first kappa shape index (κ1) is 21.2. The number of aliphatic carboxylic acids is 2. The number of aliphatic hydroxyl groups is 1. The molecule has 0 saturated carbocycles. The molecule has 0 bridgehead atoms. The predicted octanol–water partition coefficient (Wildman–Crippen LogP) is 1.80. The molecule has 0 heterocycles. The van der Waals surface area contributed by atoms with Crippen LogP contribution in [0.1, 0.15) is 64.2 Å². The molecular formula is C16H26O7. The highest BCUT2D eigenvalue weighted by Crippen LogP contribution is 2.17. The first-order valence-electron chi connectivity index (χ1n) is 7.95. The number of hydrogen-bond acceptors (Lipinski definition) is 5. The Hall–Kier alpha value is -1.76. The maximum Gasteiger partial charge on any atom is 0.306 e. The Labute approximate surface area is 135 Å². The standard InChI is InChI=1S/C16H26O7/c17-11-14(19)10-9-12(16(22)23)5-4-7-13(18)6-2-1-3-8-15(20)21/h12,17H,1-11H2,(H,20,21)(H,22,23). The van der Waals surface area contributed by atoms with Gasteiger partial charge in [-0.25, -0.2) is 0 Å². The molecular weight excluding hydrogens is 304 g/mol. The summed E-state index contributed by atoms with van der Waals surface area (Å²) in [5.74, 6) is -2.83. The first-order valence-corrected chi connectivity index (χ1v) is 7.95. The predicted molar refractivity (Wildman–Crippen MR) is 82.0 cm³/mol. The number of carbonyl (C=O) groups excluding carboxylic acids is 2. The minimum absolute atomic E-state index is 0.0327. The summed E-state index contributed by atoms with van der Waals surface area (Å²) in [6.45, 7) is -0.577. The van der Waals surface area contributed by atoms with Gasteiger partial charge in [-0.2, -0.15) is 0 Å². The SMILES string of the molecule is O=C(O)CCCCCC(=O)CCCC(CCC(=O)CO)C(=O)O. The van der Waals surface area contributed by atoms with E-state index in [1.54, 1.807) is 0 Å². The van der Waals surface area contributed by atoms with Crippen molar-refractivity contribution in [3.05, 3.63) is 0 Å². The lowest BCUT2D eigenvalue weighted by molar-refractivity contribution is -0.142. The monoisotopic (exact) mass is 330 g/mol. The van der Waals surface area contributed by atoms with Gasteiger partial charge in [0.25, 0.3) is 0 Å². The second-order valence-corrected chi connectivity index (χ2v) is 5.66. The molecule has 0 saturated heterocycles. The van der Waals surface area contributed by atoms with Crippen LogP contribution in [0.4, 0.5) is 0 Å². The Balaban J connectivity index is 3.82. The van der Waals surface area contributed by atoms with E-state index in [2.05, 4.69) is 0 Å². The number of Topliss-reactive ketones (excluding diaryl/α,β-unsaturated/α-hetero) is 2. The molecule has 0 spiro atoms. The average Bonchev–Trinajstić information content (AvgIpc) is 2.49. The van der Waals surface area contributed by atoms with Gasteiger partial charge in [0.1, 0.15) is 12.4 Å². The largest absolute Gasteiger partial charge is 0.481 e. The molecule has 0 aromatic heterocycles. The molecule has 0 aromatic carbocycles. The summed E-state index contributed by atoms with van der Waals surface area (Å²) in [4.78, 5) is 44.0. The van der Waals surface area contributed by atoms with E-state index in [9.17, 15) is 19.2 Å². The van der Waals surface area contributed by atoms with E-state index in [-0.39, 0.29) is 30.8 Å². The van der Waals surface area contributed by atoms with E-state index in [0.29, 0.717) is 44.9 Å². The maximum absolute atomic E-state index is 11.7. The van der Waals surface area contributed by atoms with Crippen molar-refractivity contribution in [2.45, 2.75) is 64.2 Å². The summed E-state index contributed by atoms with van der Waals surface area (Å²) >= 11 is 0. The van der Waals surface area contributed by atoms with E-state index in [4.69, 9.17) is 15.3 Å². The molecule has 1 atom stereocenters. The van der Waals surface area contributed by atoms with Gasteiger partial charge in [-0.05, 0) is 32.1 Å². The van der Waals surface area contributed by atoms with Gasteiger partial charge in [0.05, 0.1) is 5.92 Å². The van der Waals surface area contributed by atoms with Crippen LogP contribution in [0.15, 0.2) is 0 Å². The second kappa shape index (κ2) is 12.8. The highest BCUT2D eigenvalue weighted by Gasteiger charge is 2.18. The highest BCUT2D eigenvalue weighted by atomic mass is 16.4. The molecule has 0 amide bonds. The van der Waals surface area contributed by atoms with Gasteiger partial charge < -0.3 is 15.3 Å². The summed E-state index contributed by atoms with van der Waals surface area (Å²) in [5, 5.41) is 26.2. The van der Waals surface area contributed by atoms with Crippen LogP contribution in [0.3, 0.4) is 0 Å². The summed E-state index contributed by atoms with van der Waals surface area (Å²) < 4.78 is 0. The molecule has 0 radical (unpaired) electrons. The fourth-order valence-corrected chi connectivity index (χ4v) is 2.25. The minimum Gasteiger partial charge on any atom is -0.481 e. The number of aliphatic hydroxyl groups excluding tert-OH is 1. The molecule has 3 N–H and O–H groups in total. The van der Waals surface area contributed by atoms with Crippen molar-refractivity contribution in [2.75, 3.05) is 6.61 Å². The van der Waals surface area contributed by atoms with Crippen molar-refractivity contribution < 1.29 is 34.5 Å². The van der Waals surface area contributed by atoms with Crippen LogP contribution in [0, 0.1) is 5.92 Å². The van der Waals surface area contributed by atoms with Gasteiger partial charge in [-0.1, -0.05) is 6.42 Å². The van der Waals surface area contributed by atoms with Gasteiger partial charge in [0, 0.05) is 25.7 Å². The van der Waals surface area contributed by atoms with Gasteiger partial charge in [-0.3, -0.25) is 19.2 Å². The fraction of sp³-hybridized carbons (Fsp3) is 0.750. The molecule has 1 unspecified atom stereocenters. The van der Waals surface area contributed by atoms with Crippen LogP contribution in [0.2, 0.25) is 0 Å². The number of carbonyl (C=O) groups is 4. The molecule has 23 heavy (non-hydrogen) atoms. The lowest BCUT2D eigenvalue weighted by Crippen LogP contribution is -2.16. The number of hydrogen-bond donors (Lipinski definition) is 3. The summed E-state index contributed by atoms with van der Waals surface area (Å²) in [6, 6.07) is 0. The van der Waals surface area contributed by atoms with Crippen LogP contribution < -0.4 is 0 Å². The Morgan fingerprint density at radius 2 is 1.30 bits per heavy atom. The highest BCUT2D eigenvalue weighted by molar-refractivity contribution is 5.80. The Bertz CT molecular complexity index is 403. The normalized spacial score (nSPS) is 11.9. The zero-order valence-corrected chi connectivity index (χ0v) is 13.3. The summed E-state index contributed by atoms with van der Waals surface area (Å²) in [5.41, 5.74) is 0. The van der Waals surface area contributed by atoms with Crippen molar-refractivity contribution in [3.8, 4) is 0 Å². The zero-order valence-electron chi connectivity index (χ0n) is 13.3. The average molecular weight is 330 g/mol. The number of rotatable bonds is 15. The first-order chi connectivity index (χ1) is 10.9. The van der Waals surface area contributed by atoms with Gasteiger partial charge in [0.15, 0.2) is 5.78 Å². The second-order valence-electron chi connectivity index (χ2n) is 5.66. The topological polar surface area (TPSA) is 129 Å². The molecule has 0 aliphatic rings. The van der Waals surface area contributed by atoms with Crippen LogP contribution in [0.5, 0.6) is 0 Å². The Morgan fingerprint density at radius 3 is 1.87 bits per heavy atom. The number of carboxylic acid groups (broad SMARTS) is 2. The van der Waals surface area contributed by atoms with E-state index >= 15 is 0 Å². The van der Waals surface area contributed by atoms with Crippen molar-refractivity contribution in [1.82, 2.24) is 0 Å². The molecule has 0 rings (SSSR count). The molecule has 7 heteroatoms. The minimum atomic E-state index is -0.989. The molecule has 0 aromatic rings. The van der Waals surface area contributed by atoms with E-state index in [1.165, 1.54) is 0 Å². The Morgan fingerprint density at radius 1 is 0.696 bits per heavy atom. The Kier molecular flexibility index (Phi) is 11.8. The summed E-state index contributed by atoms with van der Waals surface area (Å²) in [6.07, 6.45) is 3.71. The van der Waals surface area contributed by atoms with Crippen molar-refractivity contribution >= 4 is 23.5 Å². The maximum atomic E-state index is 11.7. The van der Waals surface area contributed by atoms with Gasteiger partial charge >= 0.3 is 11.9 Å². The molecule has 0 fully saturated rings. The van der Waals surface area contributed by atoms with Crippen LogP contribution in [-0.2, 0) is 19.2 Å². The van der Waals surface area contributed by atoms with Gasteiger partial charge in [-0.15, -0.1) is 0 Å². The lowest BCUT2D eigenvalue weighted by Gasteiger charge is -2.11. The van der Waals surface area contributed by atoms with Crippen LogP contribution >= 0.6 is 0 Å². The number of carboxylic acids is 2. The smallest absolute Gasteiger partial charge is 0.306 e. The van der Waals surface area contributed by atoms with E-state index in [1.807, 2.05) is 0 Å². The quantitative estimate of drug-likeness (QED) is 0.390. The third-order valence-corrected chi connectivity index (χ3v) is 3.65. The van der Waals surface area contributed by atoms with E-state index in [0.717, 1.165) is 0 Å².